The first-order chi connectivity index (χ1) is 13.2. The van der Waals surface area contributed by atoms with E-state index >= 15 is 0 Å². The lowest BCUT2D eigenvalue weighted by Crippen LogP contribution is -2.09. The summed E-state index contributed by atoms with van der Waals surface area (Å²) in [4.78, 5) is 25.4. The molecule has 4 aromatic rings. The highest BCUT2D eigenvalue weighted by Gasteiger charge is 2.15. The van der Waals surface area contributed by atoms with Crippen LogP contribution < -0.4 is 5.32 Å². The Morgan fingerprint density at radius 3 is 2.89 bits per heavy atom. The van der Waals surface area contributed by atoms with E-state index in [0.29, 0.717) is 21.3 Å². The second-order valence-electron chi connectivity index (χ2n) is 5.33. The summed E-state index contributed by atoms with van der Waals surface area (Å²) in [5, 5.41) is 9.02. The number of hydrogen-bond donors (Lipinski definition) is 1. The zero-order chi connectivity index (χ0) is 18.6. The van der Waals surface area contributed by atoms with E-state index in [1.54, 1.807) is 30.3 Å². The molecule has 0 radical (unpaired) electrons. The average Bonchev–Trinajstić information content (AvgIpc) is 3.47. The van der Waals surface area contributed by atoms with E-state index in [9.17, 15) is 9.59 Å². The Labute approximate surface area is 161 Å². The first-order valence-corrected chi connectivity index (χ1v) is 9.50. The standard InChI is InChI=1S/C18H12N2O5S2/c21-17(12-3-1-7-23-12)19-16-6-5-15(27-16)18(22)24-10-11-9-13(25-20-11)14-4-2-8-26-14/h1-9H,10H2,(H,19,21). The number of amides is 1. The van der Waals surface area contributed by atoms with Crippen molar-refractivity contribution in [2.75, 3.05) is 5.32 Å². The molecule has 4 aromatic heterocycles. The van der Waals surface area contributed by atoms with Crippen LogP contribution in [0, 0.1) is 0 Å². The molecule has 0 aliphatic heterocycles. The van der Waals surface area contributed by atoms with Gasteiger partial charge in [-0.05, 0) is 35.7 Å². The molecule has 1 N–H and O–H groups in total. The highest BCUT2D eigenvalue weighted by atomic mass is 32.1. The fourth-order valence-corrected chi connectivity index (χ4v) is 3.69. The van der Waals surface area contributed by atoms with Gasteiger partial charge in [0.2, 0.25) is 0 Å². The van der Waals surface area contributed by atoms with Crippen LogP contribution in [0.15, 0.2) is 63.0 Å². The highest BCUT2D eigenvalue weighted by molar-refractivity contribution is 7.18. The number of rotatable bonds is 6. The Balaban J connectivity index is 1.34. The van der Waals surface area contributed by atoms with Crippen LogP contribution in [-0.2, 0) is 11.3 Å². The summed E-state index contributed by atoms with van der Waals surface area (Å²) in [5.41, 5.74) is 0.523. The average molecular weight is 400 g/mol. The van der Waals surface area contributed by atoms with E-state index in [1.807, 2.05) is 17.5 Å². The third kappa shape index (κ3) is 3.99. The summed E-state index contributed by atoms with van der Waals surface area (Å²) < 4.78 is 15.5. The van der Waals surface area contributed by atoms with Crippen LogP contribution in [0.2, 0.25) is 0 Å². The minimum atomic E-state index is -0.501. The van der Waals surface area contributed by atoms with E-state index in [-0.39, 0.29) is 18.3 Å². The number of carbonyl (C=O) groups is 2. The summed E-state index contributed by atoms with van der Waals surface area (Å²) in [5.74, 6) is -0.0557. The third-order valence-corrected chi connectivity index (χ3v) is 5.33. The molecule has 0 bridgehead atoms. The summed E-state index contributed by atoms with van der Waals surface area (Å²) in [6.45, 7) is -0.000301. The SMILES string of the molecule is O=C(Nc1ccc(C(=O)OCc2cc(-c3cccs3)on2)s1)c1ccco1. The molecule has 7 nitrogen and oxygen atoms in total. The van der Waals surface area contributed by atoms with Crippen LogP contribution in [0.3, 0.4) is 0 Å². The van der Waals surface area contributed by atoms with Gasteiger partial charge in [0, 0.05) is 6.07 Å². The van der Waals surface area contributed by atoms with Crippen molar-refractivity contribution in [1.29, 1.82) is 0 Å². The second kappa shape index (κ2) is 7.60. The Hall–Kier alpha value is -3.17. The van der Waals surface area contributed by atoms with Gasteiger partial charge in [-0.25, -0.2) is 4.79 Å². The molecule has 0 aliphatic rings. The molecule has 4 heterocycles. The number of ether oxygens (including phenoxy) is 1. The van der Waals surface area contributed by atoms with Crippen molar-refractivity contribution in [2.24, 2.45) is 0 Å². The minimum absolute atomic E-state index is 0.000301. The molecule has 136 valence electrons. The molecule has 0 fully saturated rings. The van der Waals surface area contributed by atoms with Crippen molar-refractivity contribution in [3.63, 3.8) is 0 Å². The molecular formula is C18H12N2O5S2. The number of hydrogen-bond acceptors (Lipinski definition) is 8. The molecule has 0 unspecified atom stereocenters. The molecule has 0 aromatic carbocycles. The van der Waals surface area contributed by atoms with Crippen LogP contribution >= 0.6 is 22.7 Å². The number of thiophene rings is 2. The zero-order valence-electron chi connectivity index (χ0n) is 13.7. The number of aromatic nitrogens is 1. The maximum absolute atomic E-state index is 12.2. The van der Waals surface area contributed by atoms with Crippen LogP contribution in [-0.4, -0.2) is 17.0 Å². The fourth-order valence-electron chi connectivity index (χ4n) is 2.22. The Morgan fingerprint density at radius 1 is 1.19 bits per heavy atom. The molecule has 0 atom stereocenters. The van der Waals surface area contributed by atoms with Gasteiger partial charge in [0.25, 0.3) is 5.91 Å². The quantitative estimate of drug-likeness (QED) is 0.473. The summed E-state index contributed by atoms with van der Waals surface area (Å²) in [6, 6.07) is 12.0. The van der Waals surface area contributed by atoms with Crippen LogP contribution in [0.4, 0.5) is 5.00 Å². The van der Waals surface area contributed by atoms with Gasteiger partial charge in [0.1, 0.15) is 17.2 Å². The van der Waals surface area contributed by atoms with Crippen molar-refractivity contribution in [3.05, 3.63) is 70.4 Å². The molecule has 0 saturated carbocycles. The fraction of sp³-hybridized carbons (Fsp3) is 0.0556. The van der Waals surface area contributed by atoms with Crippen molar-refractivity contribution in [3.8, 4) is 10.6 Å². The Bertz CT molecular complexity index is 1050. The van der Waals surface area contributed by atoms with Crippen LogP contribution in [0.1, 0.15) is 25.9 Å². The summed E-state index contributed by atoms with van der Waals surface area (Å²) in [7, 11) is 0. The van der Waals surface area contributed by atoms with Crippen LogP contribution in [0.5, 0.6) is 0 Å². The van der Waals surface area contributed by atoms with Gasteiger partial charge >= 0.3 is 5.97 Å². The predicted octanol–water partition coefficient (Wildman–Crippen LogP) is 4.67. The number of anilines is 1. The van der Waals surface area contributed by atoms with Gasteiger partial charge in [-0.2, -0.15) is 0 Å². The van der Waals surface area contributed by atoms with Gasteiger partial charge in [-0.1, -0.05) is 11.2 Å². The normalized spacial score (nSPS) is 10.7. The second-order valence-corrected chi connectivity index (χ2v) is 7.36. The lowest BCUT2D eigenvalue weighted by atomic mass is 10.3. The van der Waals surface area contributed by atoms with Gasteiger partial charge in [0.15, 0.2) is 11.5 Å². The Kier molecular flexibility index (Phi) is 4.86. The van der Waals surface area contributed by atoms with Gasteiger partial charge in [0.05, 0.1) is 16.1 Å². The van der Waals surface area contributed by atoms with Crippen molar-refractivity contribution in [2.45, 2.75) is 6.61 Å². The number of furan rings is 1. The number of nitrogens with zero attached hydrogens (tertiary/aromatic N) is 1. The number of carbonyl (C=O) groups excluding carboxylic acids is 2. The lowest BCUT2D eigenvalue weighted by molar-refractivity contribution is 0.0470. The Morgan fingerprint density at radius 2 is 2.11 bits per heavy atom. The van der Waals surface area contributed by atoms with Gasteiger partial charge in [-0.3, -0.25) is 4.79 Å². The highest BCUT2D eigenvalue weighted by Crippen LogP contribution is 2.26. The lowest BCUT2D eigenvalue weighted by Gasteiger charge is -2.00. The largest absolute Gasteiger partial charge is 0.459 e. The van der Waals surface area contributed by atoms with Crippen molar-refractivity contribution in [1.82, 2.24) is 5.16 Å². The molecule has 0 saturated heterocycles. The van der Waals surface area contributed by atoms with Crippen LogP contribution in [0.25, 0.3) is 10.6 Å². The molecular weight excluding hydrogens is 388 g/mol. The molecule has 4 rings (SSSR count). The topological polar surface area (TPSA) is 94.6 Å². The first-order valence-electron chi connectivity index (χ1n) is 7.80. The maximum atomic E-state index is 12.2. The predicted molar refractivity (Wildman–Crippen MR) is 99.9 cm³/mol. The van der Waals surface area contributed by atoms with Crippen molar-refractivity contribution < 1.29 is 23.3 Å². The zero-order valence-corrected chi connectivity index (χ0v) is 15.3. The number of nitrogens with one attached hydrogen (secondary N) is 1. The maximum Gasteiger partial charge on any atom is 0.348 e. The smallest absolute Gasteiger partial charge is 0.348 e. The molecule has 0 aliphatic carbocycles. The van der Waals surface area contributed by atoms with Gasteiger partial charge in [-0.15, -0.1) is 22.7 Å². The first kappa shape index (κ1) is 17.3. The van der Waals surface area contributed by atoms with E-state index < -0.39 is 5.97 Å². The molecule has 0 spiro atoms. The summed E-state index contributed by atoms with van der Waals surface area (Å²) >= 11 is 2.65. The monoisotopic (exact) mass is 400 g/mol. The van der Waals surface area contributed by atoms with E-state index in [1.165, 1.54) is 17.6 Å². The van der Waals surface area contributed by atoms with Gasteiger partial charge < -0.3 is 19.0 Å². The summed E-state index contributed by atoms with van der Waals surface area (Å²) in [6.07, 6.45) is 1.42. The van der Waals surface area contributed by atoms with E-state index in [2.05, 4.69) is 10.5 Å². The third-order valence-electron chi connectivity index (χ3n) is 3.46. The molecule has 9 heteroatoms. The minimum Gasteiger partial charge on any atom is -0.459 e. The molecule has 27 heavy (non-hydrogen) atoms. The van der Waals surface area contributed by atoms with E-state index in [0.717, 1.165) is 16.2 Å². The number of esters is 1. The van der Waals surface area contributed by atoms with E-state index in [4.69, 9.17) is 13.7 Å². The molecule has 1 amide bonds. The van der Waals surface area contributed by atoms with Crippen molar-refractivity contribution >= 4 is 39.6 Å².